The maximum atomic E-state index is 12.3. The highest BCUT2D eigenvalue weighted by Crippen LogP contribution is 2.17. The lowest BCUT2D eigenvalue weighted by Gasteiger charge is -2.26. The zero-order valence-electron chi connectivity index (χ0n) is 13.4. The van der Waals surface area contributed by atoms with Gasteiger partial charge in [0.25, 0.3) is 5.91 Å². The third kappa shape index (κ3) is 5.14. The van der Waals surface area contributed by atoms with Gasteiger partial charge in [-0.05, 0) is 51.9 Å². The first-order valence-corrected chi connectivity index (χ1v) is 8.37. The molecule has 0 radical (unpaired) electrons. The second kappa shape index (κ2) is 8.34. The Morgan fingerprint density at radius 3 is 2.73 bits per heavy atom. The smallest absolute Gasteiger partial charge is 0.255 e. The van der Waals surface area contributed by atoms with Gasteiger partial charge >= 0.3 is 0 Å². The lowest BCUT2D eigenvalue weighted by molar-refractivity contribution is 0.0947. The van der Waals surface area contributed by atoms with Crippen LogP contribution in [0.4, 0.5) is 5.82 Å². The lowest BCUT2D eigenvalue weighted by Crippen LogP contribution is -2.37. The van der Waals surface area contributed by atoms with E-state index in [-0.39, 0.29) is 11.9 Å². The molecule has 0 spiro atoms. The van der Waals surface area contributed by atoms with Crippen molar-refractivity contribution in [2.24, 2.45) is 0 Å². The van der Waals surface area contributed by atoms with Crippen molar-refractivity contribution in [2.45, 2.75) is 39.2 Å². The number of halogens is 1. The molecule has 2 heterocycles. The van der Waals surface area contributed by atoms with Gasteiger partial charge in [-0.3, -0.25) is 4.79 Å². The number of hydrogen-bond acceptors (Lipinski definition) is 4. The summed E-state index contributed by atoms with van der Waals surface area (Å²) in [6.07, 6.45) is 3.85. The van der Waals surface area contributed by atoms with Crippen LogP contribution in [0.2, 0.25) is 5.15 Å². The summed E-state index contributed by atoms with van der Waals surface area (Å²) in [5.74, 6) is 0.433. The SMILES string of the molecule is CC(C)Nc1nc(Cl)ccc1C(=O)NCCN1CCCCC1. The van der Waals surface area contributed by atoms with Gasteiger partial charge in [0.05, 0.1) is 5.56 Å². The molecule has 0 unspecified atom stereocenters. The maximum absolute atomic E-state index is 12.3. The van der Waals surface area contributed by atoms with Crippen LogP contribution in [0, 0.1) is 0 Å². The van der Waals surface area contributed by atoms with E-state index >= 15 is 0 Å². The Labute approximate surface area is 137 Å². The maximum Gasteiger partial charge on any atom is 0.255 e. The van der Waals surface area contributed by atoms with Crippen LogP contribution in [0.25, 0.3) is 0 Å². The van der Waals surface area contributed by atoms with E-state index in [9.17, 15) is 4.79 Å². The summed E-state index contributed by atoms with van der Waals surface area (Å²) < 4.78 is 0. The number of likely N-dealkylation sites (tertiary alicyclic amines) is 1. The first kappa shape index (κ1) is 17.0. The monoisotopic (exact) mass is 324 g/mol. The molecule has 6 heteroatoms. The van der Waals surface area contributed by atoms with Crippen LogP contribution < -0.4 is 10.6 Å². The van der Waals surface area contributed by atoms with E-state index in [0.717, 1.165) is 19.6 Å². The van der Waals surface area contributed by atoms with Crippen molar-refractivity contribution in [3.8, 4) is 0 Å². The predicted molar refractivity (Wildman–Crippen MR) is 90.6 cm³/mol. The molecule has 1 aliphatic heterocycles. The van der Waals surface area contributed by atoms with Gasteiger partial charge in [0.2, 0.25) is 0 Å². The summed E-state index contributed by atoms with van der Waals surface area (Å²) in [7, 11) is 0. The van der Waals surface area contributed by atoms with E-state index in [1.807, 2.05) is 13.8 Å². The van der Waals surface area contributed by atoms with Crippen molar-refractivity contribution in [3.05, 3.63) is 22.8 Å². The molecule has 1 amide bonds. The fraction of sp³-hybridized carbons (Fsp3) is 0.625. The molecule has 2 N–H and O–H groups in total. The summed E-state index contributed by atoms with van der Waals surface area (Å²) >= 11 is 5.92. The molecular formula is C16H25ClN4O. The van der Waals surface area contributed by atoms with Crippen molar-refractivity contribution < 1.29 is 4.79 Å². The van der Waals surface area contributed by atoms with Gasteiger partial charge in [0, 0.05) is 19.1 Å². The molecule has 22 heavy (non-hydrogen) atoms. The molecule has 5 nitrogen and oxygen atoms in total. The number of rotatable bonds is 6. The summed E-state index contributed by atoms with van der Waals surface area (Å²) in [5, 5.41) is 6.53. The number of piperidine rings is 1. The molecule has 1 aromatic rings. The van der Waals surface area contributed by atoms with Crippen LogP contribution in [0.15, 0.2) is 12.1 Å². The molecule has 1 aliphatic rings. The molecule has 0 atom stereocenters. The third-order valence-electron chi connectivity index (χ3n) is 3.69. The summed E-state index contributed by atoms with van der Waals surface area (Å²) in [4.78, 5) is 19.0. The second-order valence-corrected chi connectivity index (χ2v) is 6.37. The fourth-order valence-electron chi connectivity index (χ4n) is 2.61. The van der Waals surface area contributed by atoms with Crippen LogP contribution in [0.1, 0.15) is 43.5 Å². The van der Waals surface area contributed by atoms with Crippen molar-refractivity contribution in [1.82, 2.24) is 15.2 Å². The fourth-order valence-corrected chi connectivity index (χ4v) is 2.76. The minimum absolute atomic E-state index is 0.107. The van der Waals surface area contributed by atoms with Gasteiger partial charge in [-0.2, -0.15) is 0 Å². The Morgan fingerprint density at radius 1 is 1.32 bits per heavy atom. The van der Waals surface area contributed by atoms with Gasteiger partial charge in [-0.15, -0.1) is 0 Å². The predicted octanol–water partition coefficient (Wildman–Crippen LogP) is 2.77. The van der Waals surface area contributed by atoms with Crippen molar-refractivity contribution in [2.75, 3.05) is 31.5 Å². The second-order valence-electron chi connectivity index (χ2n) is 5.99. The Balaban J connectivity index is 1.90. The number of carbonyl (C=O) groups excluding carboxylic acids is 1. The highest BCUT2D eigenvalue weighted by Gasteiger charge is 2.15. The van der Waals surface area contributed by atoms with E-state index in [0.29, 0.717) is 23.1 Å². The van der Waals surface area contributed by atoms with Crippen molar-refractivity contribution in [1.29, 1.82) is 0 Å². The van der Waals surface area contributed by atoms with E-state index in [1.54, 1.807) is 12.1 Å². The molecule has 0 aliphatic carbocycles. The van der Waals surface area contributed by atoms with Gasteiger partial charge < -0.3 is 15.5 Å². The van der Waals surface area contributed by atoms with Crippen LogP contribution in [0.3, 0.4) is 0 Å². The zero-order chi connectivity index (χ0) is 15.9. The number of amides is 1. The number of nitrogens with one attached hydrogen (secondary N) is 2. The molecule has 1 saturated heterocycles. The quantitative estimate of drug-likeness (QED) is 0.790. The standard InChI is InChI=1S/C16H25ClN4O/c1-12(2)19-15-13(6-7-14(17)20-15)16(22)18-8-11-21-9-4-3-5-10-21/h6-7,12H,3-5,8-11H2,1-2H3,(H,18,22)(H,19,20). The first-order valence-electron chi connectivity index (χ1n) is 8.00. The molecule has 0 aromatic carbocycles. The molecule has 1 aromatic heterocycles. The largest absolute Gasteiger partial charge is 0.367 e. The molecule has 2 rings (SSSR count). The lowest BCUT2D eigenvalue weighted by atomic mass is 10.1. The Morgan fingerprint density at radius 2 is 2.05 bits per heavy atom. The zero-order valence-corrected chi connectivity index (χ0v) is 14.1. The van der Waals surface area contributed by atoms with Gasteiger partial charge in [0.1, 0.15) is 11.0 Å². The summed E-state index contributed by atoms with van der Waals surface area (Å²) in [6, 6.07) is 3.55. The number of aromatic nitrogens is 1. The number of nitrogens with zero attached hydrogens (tertiary/aromatic N) is 2. The number of hydrogen-bond donors (Lipinski definition) is 2. The molecule has 0 bridgehead atoms. The number of carbonyl (C=O) groups is 1. The minimum atomic E-state index is -0.107. The normalized spacial score (nSPS) is 15.8. The first-order chi connectivity index (χ1) is 10.6. The van der Waals surface area contributed by atoms with Crippen molar-refractivity contribution >= 4 is 23.3 Å². The Bertz CT molecular complexity index is 501. The van der Waals surface area contributed by atoms with E-state index < -0.39 is 0 Å². The van der Waals surface area contributed by atoms with Crippen LogP contribution in [-0.2, 0) is 0 Å². The molecular weight excluding hydrogens is 300 g/mol. The van der Waals surface area contributed by atoms with E-state index in [4.69, 9.17) is 11.6 Å². The third-order valence-corrected chi connectivity index (χ3v) is 3.90. The van der Waals surface area contributed by atoms with Gasteiger partial charge in [-0.25, -0.2) is 4.98 Å². The highest BCUT2D eigenvalue weighted by atomic mass is 35.5. The highest BCUT2D eigenvalue weighted by molar-refractivity contribution is 6.29. The van der Waals surface area contributed by atoms with Crippen LogP contribution >= 0.6 is 11.6 Å². The average Bonchev–Trinajstić information content (AvgIpc) is 2.47. The van der Waals surface area contributed by atoms with Gasteiger partial charge in [-0.1, -0.05) is 18.0 Å². The van der Waals surface area contributed by atoms with E-state index in [2.05, 4.69) is 20.5 Å². The summed E-state index contributed by atoms with van der Waals surface area (Å²) in [5.41, 5.74) is 0.539. The van der Waals surface area contributed by atoms with Crippen LogP contribution in [0.5, 0.6) is 0 Å². The topological polar surface area (TPSA) is 57.3 Å². The summed E-state index contributed by atoms with van der Waals surface area (Å²) in [6.45, 7) is 7.83. The number of pyridine rings is 1. The minimum Gasteiger partial charge on any atom is -0.367 e. The van der Waals surface area contributed by atoms with Crippen LogP contribution in [-0.4, -0.2) is 48.0 Å². The average molecular weight is 325 g/mol. The molecule has 0 saturated carbocycles. The number of anilines is 1. The Hall–Kier alpha value is -1.33. The molecule has 1 fully saturated rings. The van der Waals surface area contributed by atoms with E-state index in [1.165, 1.54) is 19.3 Å². The Kier molecular flexibility index (Phi) is 6.46. The van der Waals surface area contributed by atoms with Crippen molar-refractivity contribution in [3.63, 3.8) is 0 Å². The molecule has 122 valence electrons. The van der Waals surface area contributed by atoms with Gasteiger partial charge in [0.15, 0.2) is 0 Å².